The van der Waals surface area contributed by atoms with Crippen molar-refractivity contribution in [2.24, 2.45) is 0 Å². The van der Waals surface area contributed by atoms with Crippen LogP contribution in [0.25, 0.3) is 0 Å². The first kappa shape index (κ1) is 18.1. The third-order valence-corrected chi connectivity index (χ3v) is 2.40. The molecular formula is C14H22BrNO3. The summed E-state index contributed by atoms with van der Waals surface area (Å²) in [7, 11) is 5.91. The average Bonchev–Trinajstić information content (AvgIpc) is 2.25. The Morgan fingerprint density at radius 3 is 2.37 bits per heavy atom. The Hall–Kier alpha value is -0.910. The van der Waals surface area contributed by atoms with E-state index in [0.29, 0.717) is 11.0 Å². The number of aliphatic hydroxyl groups is 1. The summed E-state index contributed by atoms with van der Waals surface area (Å²) in [6, 6.07) is 9.51. The standard InChI is InChI=1S/C14H22NO3.BrH/c1-15(2,3)10-13(16)9-14(17)18-11-12-7-5-4-6-8-12;/h4-8,13,16H,9-11H2,1-3H3;1H/q+1;/p-1. The van der Waals surface area contributed by atoms with E-state index in [1.54, 1.807) is 0 Å². The van der Waals surface area contributed by atoms with Crippen molar-refractivity contribution < 1.29 is 36.1 Å². The van der Waals surface area contributed by atoms with Crippen molar-refractivity contribution in [3.63, 3.8) is 0 Å². The van der Waals surface area contributed by atoms with E-state index in [1.165, 1.54) is 0 Å². The molecule has 0 aliphatic carbocycles. The number of hydrogen-bond donors (Lipinski definition) is 1. The van der Waals surface area contributed by atoms with Gasteiger partial charge < -0.3 is 31.3 Å². The van der Waals surface area contributed by atoms with Gasteiger partial charge in [-0.1, -0.05) is 30.3 Å². The molecule has 0 saturated heterocycles. The van der Waals surface area contributed by atoms with Crippen molar-refractivity contribution in [3.8, 4) is 0 Å². The third-order valence-electron chi connectivity index (χ3n) is 2.40. The number of halogens is 1. The fourth-order valence-electron chi connectivity index (χ4n) is 1.69. The van der Waals surface area contributed by atoms with Gasteiger partial charge in [-0.25, -0.2) is 0 Å². The Kier molecular flexibility index (Phi) is 7.90. The van der Waals surface area contributed by atoms with Gasteiger partial charge >= 0.3 is 5.97 Å². The van der Waals surface area contributed by atoms with E-state index in [0.717, 1.165) is 5.56 Å². The summed E-state index contributed by atoms with van der Waals surface area (Å²) in [6.07, 6.45) is -0.615. The number of likely N-dealkylation sites (N-methyl/N-ethyl adjacent to an activating group) is 1. The van der Waals surface area contributed by atoms with Crippen LogP contribution in [0.3, 0.4) is 0 Å². The Labute approximate surface area is 125 Å². The second kappa shape index (κ2) is 8.30. The molecular weight excluding hydrogens is 310 g/mol. The van der Waals surface area contributed by atoms with E-state index in [-0.39, 0.29) is 36.0 Å². The molecule has 1 rings (SSSR count). The second-order valence-corrected chi connectivity index (χ2v) is 5.48. The molecule has 1 atom stereocenters. The molecule has 4 nitrogen and oxygen atoms in total. The van der Waals surface area contributed by atoms with Gasteiger partial charge in [0.2, 0.25) is 0 Å². The highest BCUT2D eigenvalue weighted by Crippen LogP contribution is 2.04. The van der Waals surface area contributed by atoms with Gasteiger partial charge in [0.05, 0.1) is 27.6 Å². The first-order chi connectivity index (χ1) is 8.37. The number of ether oxygens (including phenoxy) is 1. The molecule has 0 radical (unpaired) electrons. The van der Waals surface area contributed by atoms with Crippen LogP contribution >= 0.6 is 0 Å². The van der Waals surface area contributed by atoms with Gasteiger partial charge in [-0.05, 0) is 5.56 Å². The summed E-state index contributed by atoms with van der Waals surface area (Å²) in [6.45, 7) is 0.789. The highest BCUT2D eigenvalue weighted by Gasteiger charge is 2.19. The lowest BCUT2D eigenvalue weighted by Crippen LogP contribution is -3.00. The number of aliphatic hydroxyl groups excluding tert-OH is 1. The van der Waals surface area contributed by atoms with Crippen molar-refractivity contribution in [2.45, 2.75) is 19.1 Å². The van der Waals surface area contributed by atoms with Crippen LogP contribution in [0.2, 0.25) is 0 Å². The number of hydrogen-bond acceptors (Lipinski definition) is 3. The Bertz CT molecular complexity index is 376. The van der Waals surface area contributed by atoms with Crippen molar-refractivity contribution in [1.29, 1.82) is 0 Å². The zero-order valence-corrected chi connectivity index (χ0v) is 13.3. The number of carbonyl (C=O) groups is 1. The van der Waals surface area contributed by atoms with Crippen molar-refractivity contribution in [2.75, 3.05) is 27.7 Å². The fraction of sp³-hybridized carbons (Fsp3) is 0.500. The molecule has 0 fully saturated rings. The van der Waals surface area contributed by atoms with E-state index in [4.69, 9.17) is 4.74 Å². The van der Waals surface area contributed by atoms with Crippen LogP contribution in [-0.4, -0.2) is 49.4 Å². The second-order valence-electron chi connectivity index (χ2n) is 5.48. The van der Waals surface area contributed by atoms with Gasteiger partial charge in [-0.15, -0.1) is 0 Å². The maximum atomic E-state index is 11.5. The molecule has 108 valence electrons. The number of esters is 1. The van der Waals surface area contributed by atoms with E-state index < -0.39 is 6.10 Å². The van der Waals surface area contributed by atoms with Crippen molar-refractivity contribution >= 4 is 5.97 Å². The molecule has 0 aliphatic rings. The molecule has 0 bridgehead atoms. The number of carbonyl (C=O) groups excluding carboxylic acids is 1. The molecule has 19 heavy (non-hydrogen) atoms. The van der Waals surface area contributed by atoms with Crippen LogP contribution in [0.5, 0.6) is 0 Å². The monoisotopic (exact) mass is 331 g/mol. The number of nitrogens with zero attached hydrogens (tertiary/aromatic N) is 1. The summed E-state index contributed by atoms with van der Waals surface area (Å²) >= 11 is 0. The molecule has 1 unspecified atom stereocenters. The van der Waals surface area contributed by atoms with Crippen LogP contribution in [0.15, 0.2) is 30.3 Å². The topological polar surface area (TPSA) is 46.5 Å². The molecule has 0 spiro atoms. The van der Waals surface area contributed by atoms with Crippen LogP contribution in [0.4, 0.5) is 0 Å². The Morgan fingerprint density at radius 1 is 1.26 bits per heavy atom. The van der Waals surface area contributed by atoms with Crippen LogP contribution < -0.4 is 17.0 Å². The van der Waals surface area contributed by atoms with E-state index in [1.807, 2.05) is 51.5 Å². The number of quaternary nitrogens is 1. The van der Waals surface area contributed by atoms with Crippen molar-refractivity contribution in [1.82, 2.24) is 0 Å². The molecule has 5 heteroatoms. The van der Waals surface area contributed by atoms with E-state index in [9.17, 15) is 9.90 Å². The normalized spacial score (nSPS) is 12.4. The van der Waals surface area contributed by atoms with Gasteiger partial charge in [-0.3, -0.25) is 4.79 Å². The van der Waals surface area contributed by atoms with E-state index >= 15 is 0 Å². The summed E-state index contributed by atoms with van der Waals surface area (Å²) in [5.74, 6) is -0.361. The fourth-order valence-corrected chi connectivity index (χ4v) is 1.69. The lowest BCUT2D eigenvalue weighted by atomic mass is 10.2. The van der Waals surface area contributed by atoms with E-state index in [2.05, 4.69) is 0 Å². The molecule has 0 aromatic heterocycles. The third kappa shape index (κ3) is 8.75. The molecule has 0 heterocycles. The van der Waals surface area contributed by atoms with Gasteiger partial charge in [0.1, 0.15) is 19.3 Å². The number of benzene rings is 1. The first-order valence-electron chi connectivity index (χ1n) is 6.05. The minimum atomic E-state index is -0.659. The van der Waals surface area contributed by atoms with Crippen LogP contribution in [0.1, 0.15) is 12.0 Å². The average molecular weight is 332 g/mol. The zero-order valence-electron chi connectivity index (χ0n) is 11.7. The highest BCUT2D eigenvalue weighted by atomic mass is 79.9. The summed E-state index contributed by atoms with van der Waals surface area (Å²) in [5, 5.41) is 9.74. The predicted octanol–water partition coefficient (Wildman–Crippen LogP) is -1.81. The van der Waals surface area contributed by atoms with Gasteiger partial charge in [-0.2, -0.15) is 0 Å². The number of rotatable bonds is 6. The molecule has 1 aromatic carbocycles. The lowest BCUT2D eigenvalue weighted by Gasteiger charge is -2.26. The minimum absolute atomic E-state index is 0. The maximum absolute atomic E-state index is 11.5. The molecule has 0 aliphatic heterocycles. The molecule has 1 N–H and O–H groups in total. The highest BCUT2D eigenvalue weighted by molar-refractivity contribution is 5.69. The summed E-state index contributed by atoms with van der Waals surface area (Å²) in [5.41, 5.74) is 0.951. The Balaban J connectivity index is 0.00000324. The summed E-state index contributed by atoms with van der Waals surface area (Å²) < 4.78 is 5.73. The first-order valence-corrected chi connectivity index (χ1v) is 6.05. The smallest absolute Gasteiger partial charge is 0.308 e. The zero-order chi connectivity index (χ0) is 13.6. The molecule has 0 amide bonds. The molecule has 1 aromatic rings. The maximum Gasteiger partial charge on any atom is 0.308 e. The molecule has 0 saturated carbocycles. The van der Waals surface area contributed by atoms with Gasteiger partial charge in [0, 0.05) is 0 Å². The van der Waals surface area contributed by atoms with Crippen molar-refractivity contribution in [3.05, 3.63) is 35.9 Å². The quantitative estimate of drug-likeness (QED) is 0.494. The van der Waals surface area contributed by atoms with Gasteiger partial charge in [0.25, 0.3) is 0 Å². The van der Waals surface area contributed by atoms with Crippen LogP contribution in [-0.2, 0) is 16.1 Å². The largest absolute Gasteiger partial charge is 1.00 e. The predicted molar refractivity (Wildman–Crippen MR) is 69.8 cm³/mol. The lowest BCUT2D eigenvalue weighted by molar-refractivity contribution is -0.873. The van der Waals surface area contributed by atoms with Crippen LogP contribution in [0, 0.1) is 0 Å². The summed E-state index contributed by atoms with van der Waals surface area (Å²) in [4.78, 5) is 11.5. The Morgan fingerprint density at radius 2 is 1.84 bits per heavy atom. The van der Waals surface area contributed by atoms with Gasteiger partial charge in [0.15, 0.2) is 0 Å². The SMILES string of the molecule is C[N+](C)(C)CC(O)CC(=O)OCc1ccccc1.[Br-]. The minimum Gasteiger partial charge on any atom is -1.00 e.